The Balaban J connectivity index is 2.49. The third kappa shape index (κ3) is 2.38. The van der Waals surface area contributed by atoms with Crippen molar-refractivity contribution in [2.75, 3.05) is 0 Å². The van der Waals surface area contributed by atoms with Gasteiger partial charge in [-0.25, -0.2) is 13.8 Å². The number of halogens is 3. The molecular weight excluding hydrogens is 310 g/mol. The number of benzene rings is 1. The zero-order valence-corrected chi connectivity index (χ0v) is 11.3. The van der Waals surface area contributed by atoms with Crippen LogP contribution in [0.5, 0.6) is 0 Å². The molecule has 1 aromatic carbocycles. The van der Waals surface area contributed by atoms with Gasteiger partial charge in [-0.15, -0.1) is 11.3 Å². The summed E-state index contributed by atoms with van der Waals surface area (Å²) in [5.74, 6) is -1.79. The van der Waals surface area contributed by atoms with E-state index in [-0.39, 0.29) is 10.5 Å². The van der Waals surface area contributed by atoms with Crippen LogP contribution < -0.4 is 5.73 Å². The Labute approximate surface area is 110 Å². The Bertz CT molecular complexity index is 554. The van der Waals surface area contributed by atoms with E-state index in [9.17, 15) is 8.78 Å². The molecule has 1 aromatic heterocycles. The number of aromatic nitrogens is 1. The second-order valence-corrected chi connectivity index (χ2v) is 5.24. The first-order valence-electron chi connectivity index (χ1n) is 4.85. The smallest absolute Gasteiger partial charge is 0.173 e. The molecule has 2 rings (SSSR count). The Morgan fingerprint density at radius 2 is 2.12 bits per heavy atom. The summed E-state index contributed by atoms with van der Waals surface area (Å²) in [7, 11) is 0. The fourth-order valence-corrected chi connectivity index (χ4v) is 2.91. The van der Waals surface area contributed by atoms with Crippen LogP contribution in [0.4, 0.5) is 8.78 Å². The molecule has 0 aliphatic rings. The van der Waals surface area contributed by atoms with Gasteiger partial charge in [-0.05, 0) is 35.0 Å². The zero-order valence-electron chi connectivity index (χ0n) is 8.88. The maximum absolute atomic E-state index is 13.4. The van der Waals surface area contributed by atoms with Crippen molar-refractivity contribution < 1.29 is 8.78 Å². The summed E-state index contributed by atoms with van der Waals surface area (Å²) in [6.07, 6.45) is 0. The van der Waals surface area contributed by atoms with Crippen molar-refractivity contribution in [3.8, 4) is 10.6 Å². The Morgan fingerprint density at radius 1 is 1.41 bits per heavy atom. The molecule has 0 saturated carbocycles. The summed E-state index contributed by atoms with van der Waals surface area (Å²) < 4.78 is 26.4. The minimum absolute atomic E-state index is 0.0862. The van der Waals surface area contributed by atoms with Crippen molar-refractivity contribution in [3.05, 3.63) is 39.3 Å². The average Bonchev–Trinajstić information content (AvgIpc) is 2.75. The molecule has 1 atom stereocenters. The Hall–Kier alpha value is -0.850. The molecule has 0 aliphatic carbocycles. The summed E-state index contributed by atoms with van der Waals surface area (Å²) >= 11 is 4.38. The second kappa shape index (κ2) is 4.80. The molecule has 2 nitrogen and oxygen atoms in total. The maximum Gasteiger partial charge on any atom is 0.173 e. The van der Waals surface area contributed by atoms with Crippen LogP contribution in [0.15, 0.2) is 22.0 Å². The lowest BCUT2D eigenvalue weighted by Crippen LogP contribution is -2.04. The molecule has 0 bridgehead atoms. The summed E-state index contributed by atoms with van der Waals surface area (Å²) in [4.78, 5) is 4.29. The van der Waals surface area contributed by atoms with E-state index in [0.717, 1.165) is 11.8 Å². The Morgan fingerprint density at radius 3 is 2.71 bits per heavy atom. The molecule has 0 radical (unpaired) electrons. The van der Waals surface area contributed by atoms with Gasteiger partial charge >= 0.3 is 0 Å². The zero-order chi connectivity index (χ0) is 12.6. The second-order valence-electron chi connectivity index (χ2n) is 3.59. The van der Waals surface area contributed by atoms with Crippen LogP contribution in [-0.4, -0.2) is 4.98 Å². The van der Waals surface area contributed by atoms with Crippen LogP contribution in [0.3, 0.4) is 0 Å². The molecule has 0 aliphatic heterocycles. The van der Waals surface area contributed by atoms with Gasteiger partial charge in [-0.1, -0.05) is 0 Å². The third-order valence-electron chi connectivity index (χ3n) is 2.25. The van der Waals surface area contributed by atoms with Crippen molar-refractivity contribution in [3.63, 3.8) is 0 Å². The number of thiazole rings is 1. The van der Waals surface area contributed by atoms with E-state index in [4.69, 9.17) is 5.73 Å². The lowest BCUT2D eigenvalue weighted by atomic mass is 10.2. The highest BCUT2D eigenvalue weighted by Gasteiger charge is 2.15. The topological polar surface area (TPSA) is 38.9 Å². The fourth-order valence-electron chi connectivity index (χ4n) is 1.31. The predicted molar refractivity (Wildman–Crippen MR) is 67.8 cm³/mol. The van der Waals surface area contributed by atoms with Crippen LogP contribution >= 0.6 is 27.3 Å². The van der Waals surface area contributed by atoms with E-state index < -0.39 is 11.6 Å². The van der Waals surface area contributed by atoms with Crippen LogP contribution in [0.1, 0.15) is 18.7 Å². The number of nitrogens with zero attached hydrogens (tertiary/aromatic N) is 1. The van der Waals surface area contributed by atoms with Gasteiger partial charge in [0, 0.05) is 17.0 Å². The van der Waals surface area contributed by atoms with Crippen molar-refractivity contribution in [1.82, 2.24) is 4.98 Å². The van der Waals surface area contributed by atoms with Crippen molar-refractivity contribution >= 4 is 27.3 Å². The molecule has 0 spiro atoms. The summed E-state index contributed by atoms with van der Waals surface area (Å²) in [5.41, 5.74) is 6.96. The summed E-state index contributed by atoms with van der Waals surface area (Å²) in [5, 5.41) is 2.43. The molecule has 2 aromatic rings. The lowest BCUT2D eigenvalue weighted by Gasteiger charge is -2.03. The number of nitrogens with two attached hydrogens (primary N) is 1. The van der Waals surface area contributed by atoms with Gasteiger partial charge in [0.25, 0.3) is 0 Å². The highest BCUT2D eigenvalue weighted by Crippen LogP contribution is 2.34. The van der Waals surface area contributed by atoms with Gasteiger partial charge in [-0.3, -0.25) is 0 Å². The molecule has 0 amide bonds. The number of rotatable bonds is 2. The van der Waals surface area contributed by atoms with Crippen LogP contribution in [0.2, 0.25) is 0 Å². The first-order valence-corrected chi connectivity index (χ1v) is 6.53. The quantitative estimate of drug-likeness (QED) is 0.854. The van der Waals surface area contributed by atoms with E-state index in [0.29, 0.717) is 10.6 Å². The fraction of sp³-hybridized carbons (Fsp3) is 0.182. The highest BCUT2D eigenvalue weighted by molar-refractivity contribution is 9.10. The van der Waals surface area contributed by atoms with Gasteiger partial charge in [0.1, 0.15) is 5.01 Å². The molecule has 1 heterocycles. The Kier molecular flexibility index (Phi) is 3.56. The van der Waals surface area contributed by atoms with E-state index >= 15 is 0 Å². The normalized spacial score (nSPS) is 12.8. The third-order valence-corrected chi connectivity index (χ3v) is 3.92. The van der Waals surface area contributed by atoms with Crippen molar-refractivity contribution in [2.24, 2.45) is 5.73 Å². The van der Waals surface area contributed by atoms with E-state index in [2.05, 4.69) is 20.9 Å². The number of hydrogen-bond donors (Lipinski definition) is 1. The maximum atomic E-state index is 13.4. The lowest BCUT2D eigenvalue weighted by molar-refractivity contribution is 0.505. The first-order chi connectivity index (χ1) is 8.00. The van der Waals surface area contributed by atoms with Gasteiger partial charge < -0.3 is 5.73 Å². The van der Waals surface area contributed by atoms with Gasteiger partial charge in [-0.2, -0.15) is 0 Å². The molecule has 6 heteroatoms. The monoisotopic (exact) mass is 318 g/mol. The molecule has 2 N–H and O–H groups in total. The standard InChI is InChI=1S/C11H9BrF2N2S/c1-5(15)8-4-17-11(16-8)6-2-3-7(13)10(14)9(6)12/h2-5H,15H2,1H3. The van der Waals surface area contributed by atoms with Crippen LogP contribution in [-0.2, 0) is 0 Å². The molecule has 1 unspecified atom stereocenters. The molecule has 0 saturated heterocycles. The molecule has 17 heavy (non-hydrogen) atoms. The summed E-state index contributed by atoms with van der Waals surface area (Å²) in [6.45, 7) is 1.82. The number of hydrogen-bond acceptors (Lipinski definition) is 3. The van der Waals surface area contributed by atoms with E-state index in [1.807, 2.05) is 12.3 Å². The molecule has 0 fully saturated rings. The predicted octanol–water partition coefficient (Wildman–Crippen LogP) is 3.87. The first kappa shape index (κ1) is 12.6. The summed E-state index contributed by atoms with van der Waals surface area (Å²) in [6, 6.07) is 2.40. The highest BCUT2D eigenvalue weighted by atomic mass is 79.9. The van der Waals surface area contributed by atoms with Gasteiger partial charge in [0.2, 0.25) is 0 Å². The van der Waals surface area contributed by atoms with Gasteiger partial charge in [0.15, 0.2) is 11.6 Å². The van der Waals surface area contributed by atoms with E-state index in [1.165, 1.54) is 17.4 Å². The van der Waals surface area contributed by atoms with Crippen molar-refractivity contribution in [1.29, 1.82) is 0 Å². The minimum atomic E-state index is -0.903. The SMILES string of the molecule is CC(N)c1csc(-c2ccc(F)c(F)c2Br)n1. The van der Waals surface area contributed by atoms with E-state index in [1.54, 1.807) is 0 Å². The largest absolute Gasteiger partial charge is 0.323 e. The molecule has 90 valence electrons. The van der Waals surface area contributed by atoms with Crippen LogP contribution in [0.25, 0.3) is 10.6 Å². The molecular formula is C11H9BrF2N2S. The minimum Gasteiger partial charge on any atom is -0.323 e. The van der Waals surface area contributed by atoms with Gasteiger partial charge in [0.05, 0.1) is 10.2 Å². The average molecular weight is 319 g/mol. The van der Waals surface area contributed by atoms with Crippen LogP contribution in [0, 0.1) is 11.6 Å². The van der Waals surface area contributed by atoms with Crippen molar-refractivity contribution in [2.45, 2.75) is 13.0 Å².